The van der Waals surface area contributed by atoms with Crippen LogP contribution in [0, 0.1) is 0 Å². The van der Waals surface area contributed by atoms with Crippen molar-refractivity contribution in [3.05, 3.63) is 0 Å². The highest BCUT2D eigenvalue weighted by atomic mass is 15.3. The molecule has 0 aromatic carbocycles. The van der Waals surface area contributed by atoms with E-state index in [0.717, 1.165) is 0 Å². The van der Waals surface area contributed by atoms with Crippen molar-refractivity contribution in [2.45, 2.75) is 82.2 Å². The van der Waals surface area contributed by atoms with Gasteiger partial charge in [-0.15, -0.1) is 0 Å². The molecule has 2 heteroatoms. The minimum Gasteiger partial charge on any atom is -0.310 e. The van der Waals surface area contributed by atoms with Crippen LogP contribution in [0.25, 0.3) is 0 Å². The highest BCUT2D eigenvalue weighted by Crippen LogP contribution is 2.43. The van der Waals surface area contributed by atoms with Crippen molar-refractivity contribution in [3.8, 4) is 0 Å². The molecule has 3 aliphatic rings. The van der Waals surface area contributed by atoms with Crippen LogP contribution in [0.2, 0.25) is 0 Å². The zero-order valence-corrected chi connectivity index (χ0v) is 12.1. The van der Waals surface area contributed by atoms with Crippen molar-refractivity contribution in [3.63, 3.8) is 0 Å². The molecule has 1 heterocycles. The molecule has 2 aliphatic carbocycles. The highest BCUT2D eigenvalue weighted by molar-refractivity contribution is 5.03. The second kappa shape index (κ2) is 5.13. The van der Waals surface area contributed by atoms with Gasteiger partial charge in [0.25, 0.3) is 0 Å². The molecule has 0 atom stereocenters. The molecule has 1 spiro atoms. The predicted molar refractivity (Wildman–Crippen MR) is 76.9 cm³/mol. The Morgan fingerprint density at radius 3 is 2.33 bits per heavy atom. The Morgan fingerprint density at radius 1 is 0.944 bits per heavy atom. The second-order valence-electron chi connectivity index (χ2n) is 6.97. The van der Waals surface area contributed by atoms with Gasteiger partial charge in [-0.05, 0) is 58.0 Å². The summed E-state index contributed by atoms with van der Waals surface area (Å²) in [6.07, 6.45) is 14.3. The monoisotopic (exact) mass is 250 g/mol. The summed E-state index contributed by atoms with van der Waals surface area (Å²) < 4.78 is 0. The van der Waals surface area contributed by atoms with Gasteiger partial charge < -0.3 is 5.32 Å². The summed E-state index contributed by atoms with van der Waals surface area (Å²) in [5.74, 6) is 0. The third-order valence-corrected chi connectivity index (χ3v) is 6.02. The summed E-state index contributed by atoms with van der Waals surface area (Å²) in [5, 5.41) is 3.93. The van der Waals surface area contributed by atoms with E-state index >= 15 is 0 Å². The lowest BCUT2D eigenvalue weighted by molar-refractivity contribution is -0.00585. The van der Waals surface area contributed by atoms with E-state index in [2.05, 4.69) is 17.1 Å². The van der Waals surface area contributed by atoms with Crippen LogP contribution in [0.3, 0.4) is 0 Å². The first kappa shape index (κ1) is 12.9. The quantitative estimate of drug-likeness (QED) is 0.809. The molecule has 104 valence electrons. The molecule has 0 aromatic rings. The first-order valence-electron chi connectivity index (χ1n) is 8.29. The Balaban J connectivity index is 1.74. The smallest absolute Gasteiger partial charge is 0.0309 e. The van der Waals surface area contributed by atoms with E-state index in [9.17, 15) is 0 Å². The van der Waals surface area contributed by atoms with Crippen molar-refractivity contribution >= 4 is 0 Å². The van der Waals surface area contributed by atoms with E-state index in [1.807, 2.05) is 0 Å². The SMILES string of the molecule is CCC1(N2CCCNC3(CCCCC3)C2)CCC1. The third-order valence-electron chi connectivity index (χ3n) is 6.02. The van der Waals surface area contributed by atoms with Gasteiger partial charge in [0.1, 0.15) is 0 Å². The topological polar surface area (TPSA) is 15.3 Å². The lowest BCUT2D eigenvalue weighted by Gasteiger charge is -2.53. The van der Waals surface area contributed by atoms with E-state index in [0.29, 0.717) is 11.1 Å². The average molecular weight is 250 g/mol. The van der Waals surface area contributed by atoms with Gasteiger partial charge in [0, 0.05) is 17.6 Å². The lowest BCUT2D eigenvalue weighted by atomic mass is 9.72. The molecule has 0 aromatic heterocycles. The normalized spacial score (nSPS) is 31.8. The van der Waals surface area contributed by atoms with E-state index < -0.39 is 0 Å². The lowest BCUT2D eigenvalue weighted by Crippen LogP contribution is -2.60. The first-order chi connectivity index (χ1) is 8.79. The van der Waals surface area contributed by atoms with Gasteiger partial charge in [-0.25, -0.2) is 0 Å². The molecule has 3 fully saturated rings. The number of rotatable bonds is 2. The Hall–Kier alpha value is -0.0800. The molecule has 1 aliphatic heterocycles. The number of hydrogen-bond donors (Lipinski definition) is 1. The molecule has 0 bridgehead atoms. The average Bonchev–Trinajstić information content (AvgIpc) is 2.53. The summed E-state index contributed by atoms with van der Waals surface area (Å²) >= 11 is 0. The van der Waals surface area contributed by atoms with Crippen LogP contribution in [0.5, 0.6) is 0 Å². The molecule has 1 saturated heterocycles. The summed E-state index contributed by atoms with van der Waals surface area (Å²) in [6.45, 7) is 6.32. The fraction of sp³-hybridized carbons (Fsp3) is 1.00. The van der Waals surface area contributed by atoms with Gasteiger partial charge >= 0.3 is 0 Å². The molecule has 0 unspecified atom stereocenters. The van der Waals surface area contributed by atoms with Gasteiger partial charge in [-0.2, -0.15) is 0 Å². The van der Waals surface area contributed by atoms with Crippen LogP contribution >= 0.6 is 0 Å². The molecule has 0 amide bonds. The third kappa shape index (κ3) is 2.22. The Kier molecular flexibility index (Phi) is 3.68. The minimum atomic E-state index is 0.479. The second-order valence-corrected chi connectivity index (χ2v) is 6.97. The van der Waals surface area contributed by atoms with E-state index in [4.69, 9.17) is 0 Å². The molecule has 18 heavy (non-hydrogen) atoms. The first-order valence-corrected chi connectivity index (χ1v) is 8.29. The summed E-state index contributed by atoms with van der Waals surface area (Å²) in [5.41, 5.74) is 1.07. The summed E-state index contributed by atoms with van der Waals surface area (Å²) in [7, 11) is 0. The zero-order chi connectivity index (χ0) is 12.5. The van der Waals surface area contributed by atoms with Crippen LogP contribution in [-0.2, 0) is 0 Å². The van der Waals surface area contributed by atoms with E-state index in [-0.39, 0.29) is 0 Å². The Labute approximate surface area is 113 Å². The molecule has 2 saturated carbocycles. The van der Waals surface area contributed by atoms with Gasteiger partial charge in [0.2, 0.25) is 0 Å². The maximum Gasteiger partial charge on any atom is 0.0309 e. The molecule has 0 radical (unpaired) electrons. The van der Waals surface area contributed by atoms with Gasteiger partial charge in [0.05, 0.1) is 0 Å². The largest absolute Gasteiger partial charge is 0.310 e. The Morgan fingerprint density at radius 2 is 1.72 bits per heavy atom. The Bertz CT molecular complexity index is 271. The van der Waals surface area contributed by atoms with Crippen molar-refractivity contribution < 1.29 is 0 Å². The molecule has 1 N–H and O–H groups in total. The van der Waals surface area contributed by atoms with Crippen LogP contribution in [-0.4, -0.2) is 35.6 Å². The van der Waals surface area contributed by atoms with Gasteiger partial charge in [-0.3, -0.25) is 4.90 Å². The highest BCUT2D eigenvalue weighted by Gasteiger charge is 2.45. The van der Waals surface area contributed by atoms with Crippen LogP contribution in [0.15, 0.2) is 0 Å². The fourth-order valence-corrected chi connectivity index (χ4v) is 4.57. The van der Waals surface area contributed by atoms with E-state index in [1.54, 1.807) is 0 Å². The van der Waals surface area contributed by atoms with Crippen LogP contribution in [0.4, 0.5) is 0 Å². The van der Waals surface area contributed by atoms with Crippen molar-refractivity contribution in [2.75, 3.05) is 19.6 Å². The standard InChI is InChI=1S/C16H30N2/c1-2-16(10-6-11-16)18-13-7-12-17-15(14-18)8-4-3-5-9-15/h17H,2-14H2,1H3. The summed E-state index contributed by atoms with van der Waals surface area (Å²) in [4.78, 5) is 2.89. The van der Waals surface area contributed by atoms with E-state index in [1.165, 1.54) is 83.8 Å². The van der Waals surface area contributed by atoms with Crippen molar-refractivity contribution in [1.29, 1.82) is 0 Å². The number of hydrogen-bond acceptors (Lipinski definition) is 2. The molecular formula is C16H30N2. The maximum atomic E-state index is 3.93. The summed E-state index contributed by atoms with van der Waals surface area (Å²) in [6, 6.07) is 0. The fourth-order valence-electron chi connectivity index (χ4n) is 4.57. The zero-order valence-electron chi connectivity index (χ0n) is 12.1. The van der Waals surface area contributed by atoms with Gasteiger partial charge in [0.15, 0.2) is 0 Å². The maximum absolute atomic E-state index is 3.93. The van der Waals surface area contributed by atoms with Crippen molar-refractivity contribution in [2.24, 2.45) is 0 Å². The molecule has 2 nitrogen and oxygen atoms in total. The predicted octanol–water partition coefficient (Wildman–Crippen LogP) is 3.32. The van der Waals surface area contributed by atoms with Crippen LogP contribution < -0.4 is 5.32 Å². The number of nitrogens with one attached hydrogen (secondary N) is 1. The van der Waals surface area contributed by atoms with Crippen LogP contribution in [0.1, 0.15) is 71.1 Å². The van der Waals surface area contributed by atoms with Gasteiger partial charge in [-0.1, -0.05) is 26.2 Å². The number of nitrogens with zero attached hydrogens (tertiary/aromatic N) is 1. The molecule has 3 rings (SSSR count). The molecular weight excluding hydrogens is 220 g/mol. The minimum absolute atomic E-state index is 0.479. The van der Waals surface area contributed by atoms with Crippen molar-refractivity contribution in [1.82, 2.24) is 10.2 Å².